The quantitative estimate of drug-likeness (QED) is 0.152. The normalized spacial score (nSPS) is 11.5. The maximum absolute atomic E-state index is 2.39. The molecule has 8 aromatic carbocycles. The van der Waals surface area contributed by atoms with Gasteiger partial charge in [-0.2, -0.15) is 0 Å². The third-order valence-corrected chi connectivity index (χ3v) is 10.4. The molecule has 2 heteroatoms. The molecule has 0 saturated heterocycles. The lowest BCUT2D eigenvalue weighted by Gasteiger charge is -2.29. The standard InChI is InChI=1S/C49H42N2/c1-4-49(2,3)41-26-33-45(34-27-41)51(48-20-12-16-39-14-10-11-19-47(39)48)44-30-23-38(24-31-44)37-21-28-43(29-22-37)50(42-17-6-5-7-18-42)46-32-25-36-13-8-9-15-40(36)35-46/h5-35H,4H2,1-3H3. The van der Waals surface area contributed by atoms with Crippen molar-refractivity contribution < 1.29 is 0 Å². The molecule has 248 valence electrons. The second-order valence-corrected chi connectivity index (χ2v) is 13.9. The Hall–Kier alpha value is -6.12. The molecular formula is C49H42N2. The van der Waals surface area contributed by atoms with Crippen molar-refractivity contribution in [2.75, 3.05) is 9.80 Å². The average Bonchev–Trinajstić information content (AvgIpc) is 3.19. The highest BCUT2D eigenvalue weighted by atomic mass is 15.1. The molecule has 0 heterocycles. The highest BCUT2D eigenvalue weighted by Crippen LogP contribution is 2.41. The molecule has 51 heavy (non-hydrogen) atoms. The van der Waals surface area contributed by atoms with Gasteiger partial charge in [0.2, 0.25) is 0 Å². The Bertz CT molecular complexity index is 2400. The maximum atomic E-state index is 2.39. The number of para-hydroxylation sites is 1. The van der Waals surface area contributed by atoms with E-state index < -0.39 is 0 Å². The summed E-state index contributed by atoms with van der Waals surface area (Å²) in [6, 6.07) is 68.1. The van der Waals surface area contributed by atoms with Crippen LogP contribution in [0.15, 0.2) is 188 Å². The third-order valence-electron chi connectivity index (χ3n) is 10.4. The van der Waals surface area contributed by atoms with E-state index in [4.69, 9.17) is 0 Å². The smallest absolute Gasteiger partial charge is 0.0540 e. The topological polar surface area (TPSA) is 6.48 Å². The van der Waals surface area contributed by atoms with E-state index >= 15 is 0 Å². The Morgan fingerprint density at radius 2 is 0.882 bits per heavy atom. The molecule has 0 aromatic heterocycles. The fourth-order valence-corrected chi connectivity index (χ4v) is 7.04. The molecule has 0 unspecified atom stereocenters. The fraction of sp³-hybridized carbons (Fsp3) is 0.102. The van der Waals surface area contributed by atoms with Gasteiger partial charge in [0, 0.05) is 33.8 Å². The first kappa shape index (κ1) is 32.1. The summed E-state index contributed by atoms with van der Waals surface area (Å²) in [5.41, 5.74) is 10.7. The molecule has 0 N–H and O–H groups in total. The largest absolute Gasteiger partial charge is 0.310 e. The predicted octanol–water partition coefficient (Wildman–Crippen LogP) is 14.3. The van der Waals surface area contributed by atoms with Gasteiger partial charge in [0.05, 0.1) is 5.69 Å². The second-order valence-electron chi connectivity index (χ2n) is 13.9. The SMILES string of the molecule is CCC(C)(C)c1ccc(N(c2ccc(-c3ccc(N(c4ccccc4)c4ccc5ccccc5c4)cc3)cc2)c2cccc3ccccc23)cc1. The Kier molecular flexibility index (Phi) is 8.59. The van der Waals surface area contributed by atoms with Crippen molar-refractivity contribution in [1.29, 1.82) is 0 Å². The third kappa shape index (κ3) is 6.37. The lowest BCUT2D eigenvalue weighted by atomic mass is 9.82. The summed E-state index contributed by atoms with van der Waals surface area (Å²) in [5.74, 6) is 0. The van der Waals surface area contributed by atoms with Gasteiger partial charge in [-0.3, -0.25) is 0 Å². The van der Waals surface area contributed by atoms with Crippen LogP contribution in [0.25, 0.3) is 32.7 Å². The van der Waals surface area contributed by atoms with Crippen molar-refractivity contribution in [3.63, 3.8) is 0 Å². The summed E-state index contributed by atoms with van der Waals surface area (Å²) in [6.45, 7) is 6.90. The van der Waals surface area contributed by atoms with Crippen molar-refractivity contribution in [3.8, 4) is 11.1 Å². The van der Waals surface area contributed by atoms with Gasteiger partial charge in [0.25, 0.3) is 0 Å². The number of nitrogens with zero attached hydrogens (tertiary/aromatic N) is 2. The molecule has 0 bridgehead atoms. The Labute approximate surface area is 301 Å². The monoisotopic (exact) mass is 658 g/mol. The van der Waals surface area contributed by atoms with Gasteiger partial charge in [-0.1, -0.05) is 142 Å². The van der Waals surface area contributed by atoms with E-state index in [2.05, 4.69) is 219 Å². The average molecular weight is 659 g/mol. The van der Waals surface area contributed by atoms with E-state index in [-0.39, 0.29) is 5.41 Å². The van der Waals surface area contributed by atoms with Crippen LogP contribution in [0.1, 0.15) is 32.8 Å². The molecule has 8 rings (SSSR count). The minimum absolute atomic E-state index is 0.133. The molecule has 8 aromatic rings. The van der Waals surface area contributed by atoms with E-state index in [1.54, 1.807) is 0 Å². The zero-order chi connectivity index (χ0) is 34.8. The number of anilines is 6. The fourth-order valence-electron chi connectivity index (χ4n) is 7.04. The summed E-state index contributed by atoms with van der Waals surface area (Å²) in [4.78, 5) is 4.72. The van der Waals surface area contributed by atoms with Crippen LogP contribution in [0.3, 0.4) is 0 Å². The Morgan fingerprint density at radius 3 is 1.53 bits per heavy atom. The van der Waals surface area contributed by atoms with Crippen LogP contribution in [0, 0.1) is 0 Å². The summed E-state index contributed by atoms with van der Waals surface area (Å²) < 4.78 is 0. The van der Waals surface area contributed by atoms with Crippen LogP contribution in [-0.4, -0.2) is 0 Å². The van der Waals surface area contributed by atoms with Crippen molar-refractivity contribution in [1.82, 2.24) is 0 Å². The molecule has 0 radical (unpaired) electrons. The van der Waals surface area contributed by atoms with Crippen LogP contribution in [-0.2, 0) is 5.41 Å². The summed E-state index contributed by atoms with van der Waals surface area (Å²) in [5, 5.41) is 4.93. The van der Waals surface area contributed by atoms with Crippen LogP contribution >= 0.6 is 0 Å². The molecule has 0 aliphatic carbocycles. The predicted molar refractivity (Wildman–Crippen MR) is 220 cm³/mol. The molecule has 0 aliphatic rings. The lowest BCUT2D eigenvalue weighted by Crippen LogP contribution is -2.16. The summed E-state index contributed by atoms with van der Waals surface area (Å²) in [7, 11) is 0. The summed E-state index contributed by atoms with van der Waals surface area (Å²) in [6.07, 6.45) is 1.09. The highest BCUT2D eigenvalue weighted by molar-refractivity contribution is 5.99. The van der Waals surface area contributed by atoms with E-state index in [0.717, 1.165) is 34.9 Å². The van der Waals surface area contributed by atoms with Gasteiger partial charge in [0.15, 0.2) is 0 Å². The molecule has 0 fully saturated rings. The van der Waals surface area contributed by atoms with Crippen LogP contribution < -0.4 is 9.80 Å². The molecule has 0 atom stereocenters. The second kappa shape index (κ2) is 13.7. The van der Waals surface area contributed by atoms with Crippen LogP contribution in [0.2, 0.25) is 0 Å². The molecule has 0 spiro atoms. The molecule has 0 amide bonds. The van der Waals surface area contributed by atoms with E-state index in [9.17, 15) is 0 Å². The van der Waals surface area contributed by atoms with Crippen molar-refractivity contribution >= 4 is 55.7 Å². The van der Waals surface area contributed by atoms with Gasteiger partial charge in [-0.05, 0) is 111 Å². The van der Waals surface area contributed by atoms with Crippen LogP contribution in [0.5, 0.6) is 0 Å². The number of hydrogen-bond donors (Lipinski definition) is 0. The van der Waals surface area contributed by atoms with Gasteiger partial charge in [-0.15, -0.1) is 0 Å². The Balaban J connectivity index is 1.14. The van der Waals surface area contributed by atoms with Crippen molar-refractivity contribution in [2.24, 2.45) is 0 Å². The minimum Gasteiger partial charge on any atom is -0.310 e. The minimum atomic E-state index is 0.133. The molecule has 0 saturated carbocycles. The number of benzene rings is 8. The van der Waals surface area contributed by atoms with Crippen molar-refractivity contribution in [2.45, 2.75) is 32.6 Å². The Morgan fingerprint density at radius 1 is 0.392 bits per heavy atom. The maximum Gasteiger partial charge on any atom is 0.0540 e. The van der Waals surface area contributed by atoms with Crippen LogP contribution in [0.4, 0.5) is 34.1 Å². The van der Waals surface area contributed by atoms with Gasteiger partial charge in [-0.25, -0.2) is 0 Å². The summed E-state index contributed by atoms with van der Waals surface area (Å²) >= 11 is 0. The van der Waals surface area contributed by atoms with Crippen molar-refractivity contribution in [3.05, 3.63) is 194 Å². The van der Waals surface area contributed by atoms with Gasteiger partial charge < -0.3 is 9.80 Å². The highest BCUT2D eigenvalue weighted by Gasteiger charge is 2.20. The first-order chi connectivity index (χ1) is 25.0. The zero-order valence-electron chi connectivity index (χ0n) is 29.5. The first-order valence-corrected chi connectivity index (χ1v) is 17.9. The molecular weight excluding hydrogens is 617 g/mol. The van der Waals surface area contributed by atoms with E-state index in [1.807, 2.05) is 0 Å². The number of rotatable bonds is 9. The van der Waals surface area contributed by atoms with E-state index in [0.29, 0.717) is 0 Å². The molecule has 0 aliphatic heterocycles. The number of fused-ring (bicyclic) bond motifs is 2. The number of hydrogen-bond acceptors (Lipinski definition) is 2. The van der Waals surface area contributed by atoms with E-state index in [1.165, 1.54) is 43.9 Å². The lowest BCUT2D eigenvalue weighted by molar-refractivity contribution is 0.506. The van der Waals surface area contributed by atoms with Gasteiger partial charge >= 0.3 is 0 Å². The molecule has 2 nitrogen and oxygen atoms in total. The first-order valence-electron chi connectivity index (χ1n) is 17.9. The van der Waals surface area contributed by atoms with Gasteiger partial charge in [0.1, 0.15) is 0 Å². The zero-order valence-corrected chi connectivity index (χ0v) is 29.5.